The summed E-state index contributed by atoms with van der Waals surface area (Å²) in [4.78, 5) is 0. The SMILES string of the molecule is [C-]#[O+].[C-]#[O+].[C-]#[O+].[C-]#[O+].[Fe].c1ccc(Pc2ccccc2)cc1. The molecule has 22 heavy (non-hydrogen) atoms. The van der Waals surface area contributed by atoms with Gasteiger partial charge in [-0.1, -0.05) is 69.2 Å². The van der Waals surface area contributed by atoms with Gasteiger partial charge in [-0.2, -0.15) is 0 Å². The first kappa shape index (κ1) is 28.5. The summed E-state index contributed by atoms with van der Waals surface area (Å²) < 4.78 is 30.0. The van der Waals surface area contributed by atoms with Crippen molar-refractivity contribution in [2.45, 2.75) is 0 Å². The molecule has 0 heterocycles. The third-order valence-electron chi connectivity index (χ3n) is 1.84. The number of hydrogen-bond donors (Lipinski definition) is 0. The van der Waals surface area contributed by atoms with E-state index in [2.05, 4.69) is 87.3 Å². The molecule has 0 aliphatic heterocycles. The quantitative estimate of drug-likeness (QED) is 0.343. The van der Waals surface area contributed by atoms with Gasteiger partial charge in [0.05, 0.1) is 0 Å². The van der Waals surface area contributed by atoms with E-state index in [1.54, 1.807) is 0 Å². The van der Waals surface area contributed by atoms with E-state index in [0.717, 1.165) is 8.58 Å². The van der Waals surface area contributed by atoms with E-state index in [0.29, 0.717) is 0 Å². The van der Waals surface area contributed by atoms with Gasteiger partial charge in [-0.3, -0.25) is 0 Å². The van der Waals surface area contributed by atoms with Crippen LogP contribution in [0.25, 0.3) is 0 Å². The first-order valence-corrected chi connectivity index (χ1v) is 6.14. The molecule has 0 bridgehead atoms. The van der Waals surface area contributed by atoms with E-state index in [1.807, 2.05) is 0 Å². The molecule has 0 aliphatic rings. The van der Waals surface area contributed by atoms with E-state index in [4.69, 9.17) is 18.6 Å². The van der Waals surface area contributed by atoms with Crippen LogP contribution in [0.5, 0.6) is 0 Å². The summed E-state index contributed by atoms with van der Waals surface area (Å²) in [5.41, 5.74) is 0. The van der Waals surface area contributed by atoms with Gasteiger partial charge in [0.1, 0.15) is 0 Å². The van der Waals surface area contributed by atoms with Gasteiger partial charge in [0, 0.05) is 17.1 Å². The summed E-state index contributed by atoms with van der Waals surface area (Å²) in [5.74, 6) is 0. The first-order chi connectivity index (χ1) is 10.4. The average molecular weight is 354 g/mol. The smallest absolute Gasteiger partial charge is 0 e. The van der Waals surface area contributed by atoms with Crippen LogP contribution >= 0.6 is 8.58 Å². The summed E-state index contributed by atoms with van der Waals surface area (Å²) in [7, 11) is 0.777. The summed E-state index contributed by atoms with van der Waals surface area (Å²) in [5, 5.41) is 2.79. The molecule has 2 aromatic rings. The molecule has 0 saturated heterocycles. The zero-order valence-corrected chi connectivity index (χ0v) is 13.4. The van der Waals surface area contributed by atoms with Crippen LogP contribution in [0.3, 0.4) is 0 Å². The Balaban J connectivity index is -0.000000158. The molecule has 0 aromatic heterocycles. The summed E-state index contributed by atoms with van der Waals surface area (Å²) >= 11 is 0. The third-order valence-corrected chi connectivity index (χ3v) is 3.08. The van der Waals surface area contributed by atoms with Crippen molar-refractivity contribution in [2.75, 3.05) is 0 Å². The van der Waals surface area contributed by atoms with E-state index in [9.17, 15) is 0 Å². The predicted molar refractivity (Wildman–Crippen MR) is 76.2 cm³/mol. The second kappa shape index (κ2) is 27.7. The maximum atomic E-state index is 7.50. The zero-order chi connectivity index (χ0) is 16.9. The minimum atomic E-state index is 0. The van der Waals surface area contributed by atoms with Crippen LogP contribution in [0.1, 0.15) is 0 Å². The van der Waals surface area contributed by atoms with Gasteiger partial charge in [0.25, 0.3) is 0 Å². The topological polar surface area (TPSA) is 79.6 Å². The Morgan fingerprint density at radius 1 is 0.500 bits per heavy atom. The van der Waals surface area contributed by atoms with Gasteiger partial charge in [0.15, 0.2) is 0 Å². The molecule has 0 aliphatic carbocycles. The normalized spacial score (nSPS) is 6.18. The molecule has 0 radical (unpaired) electrons. The molecule has 2 aromatic carbocycles. The van der Waals surface area contributed by atoms with Crippen molar-refractivity contribution in [2.24, 2.45) is 0 Å². The summed E-state index contributed by atoms with van der Waals surface area (Å²) in [6, 6.07) is 21.2. The number of rotatable bonds is 2. The minimum Gasteiger partial charge on any atom is -0.0622 e. The van der Waals surface area contributed by atoms with Crippen molar-refractivity contribution in [1.29, 1.82) is 0 Å². The number of hydrogen-bond acceptors (Lipinski definition) is 0. The first-order valence-electron chi connectivity index (χ1n) is 5.14. The van der Waals surface area contributed by atoms with Crippen LogP contribution in [-0.4, -0.2) is 0 Å². The van der Waals surface area contributed by atoms with Crippen LogP contribution in [0.4, 0.5) is 0 Å². The van der Waals surface area contributed by atoms with Crippen molar-refractivity contribution >= 4 is 19.2 Å². The van der Waals surface area contributed by atoms with Crippen molar-refractivity contribution in [3.05, 3.63) is 87.3 Å². The molecule has 0 unspecified atom stereocenters. The number of benzene rings is 2. The van der Waals surface area contributed by atoms with Gasteiger partial charge >= 0.3 is 45.2 Å². The van der Waals surface area contributed by atoms with Crippen molar-refractivity contribution < 1.29 is 35.7 Å². The Hall–Kier alpha value is -1.65. The molecular formula is C16H11FeO4P. The van der Waals surface area contributed by atoms with Gasteiger partial charge in [-0.15, -0.1) is 0 Å². The molecule has 0 N–H and O–H groups in total. The van der Waals surface area contributed by atoms with Gasteiger partial charge in [0.2, 0.25) is 0 Å². The van der Waals surface area contributed by atoms with Crippen LogP contribution in [0.15, 0.2) is 60.7 Å². The molecule has 0 fully saturated rings. The molecule has 0 amide bonds. The third kappa shape index (κ3) is 16.4. The molecule has 0 saturated carbocycles. The standard InChI is InChI=1S/C12H11P.4CO.Fe/c1-3-7-11(8-4-1)13-12-9-5-2-6-10-12;4*1-2;/h1-10,13H;;;;;. The zero-order valence-electron chi connectivity index (χ0n) is 11.3. The van der Waals surface area contributed by atoms with Crippen LogP contribution in [-0.2, 0) is 35.7 Å². The van der Waals surface area contributed by atoms with Gasteiger partial charge in [-0.25, -0.2) is 0 Å². The average Bonchev–Trinajstić information content (AvgIpc) is 2.64. The fraction of sp³-hybridized carbons (Fsp3) is 0. The van der Waals surface area contributed by atoms with Crippen LogP contribution in [0, 0.1) is 26.6 Å². The Kier molecular flexibility index (Phi) is 35.8. The Morgan fingerprint density at radius 2 is 0.727 bits per heavy atom. The second-order valence-corrected chi connectivity index (χ2v) is 4.26. The maximum absolute atomic E-state index is 7.50. The monoisotopic (exact) mass is 354 g/mol. The molecular weight excluding hydrogens is 343 g/mol. The van der Waals surface area contributed by atoms with Crippen molar-refractivity contribution in [3.8, 4) is 0 Å². The molecule has 0 atom stereocenters. The summed E-state index contributed by atoms with van der Waals surface area (Å²) in [6.07, 6.45) is 0. The van der Waals surface area contributed by atoms with Crippen molar-refractivity contribution in [1.82, 2.24) is 0 Å². The molecule has 2 rings (SSSR count). The van der Waals surface area contributed by atoms with Crippen molar-refractivity contribution in [3.63, 3.8) is 0 Å². The van der Waals surface area contributed by atoms with E-state index in [1.165, 1.54) is 10.6 Å². The Labute approximate surface area is 142 Å². The van der Waals surface area contributed by atoms with Gasteiger partial charge in [-0.05, 0) is 10.6 Å². The molecule has 4 nitrogen and oxygen atoms in total. The Bertz CT molecular complexity index is 460. The van der Waals surface area contributed by atoms with Crippen LogP contribution < -0.4 is 10.6 Å². The molecule has 112 valence electrons. The minimum absolute atomic E-state index is 0. The largest absolute Gasteiger partial charge is 0.0622 e. The second-order valence-electron chi connectivity index (χ2n) is 2.86. The fourth-order valence-corrected chi connectivity index (χ4v) is 2.26. The summed E-state index contributed by atoms with van der Waals surface area (Å²) in [6.45, 7) is 18.0. The Morgan fingerprint density at radius 3 is 0.955 bits per heavy atom. The van der Waals surface area contributed by atoms with E-state index >= 15 is 0 Å². The maximum Gasteiger partial charge on any atom is 0 e. The fourth-order valence-electron chi connectivity index (χ4n) is 1.21. The predicted octanol–water partition coefficient (Wildman–Crippen LogP) is 2.16. The molecule has 6 heteroatoms. The van der Waals surface area contributed by atoms with Crippen LogP contribution in [0.2, 0.25) is 0 Å². The van der Waals surface area contributed by atoms with E-state index < -0.39 is 0 Å². The molecule has 0 spiro atoms. The van der Waals surface area contributed by atoms with Gasteiger partial charge < -0.3 is 0 Å². The van der Waals surface area contributed by atoms with E-state index in [-0.39, 0.29) is 17.1 Å².